The highest BCUT2D eigenvalue weighted by molar-refractivity contribution is 6.37. The van der Waals surface area contributed by atoms with E-state index in [0.717, 1.165) is 13.0 Å². The molecule has 2 N–H and O–H groups in total. The fourth-order valence-electron chi connectivity index (χ4n) is 2.00. The van der Waals surface area contributed by atoms with E-state index >= 15 is 0 Å². The van der Waals surface area contributed by atoms with Gasteiger partial charge in [-0.25, -0.2) is 4.98 Å². The largest absolute Gasteiger partial charge is 0.376 e. The van der Waals surface area contributed by atoms with Gasteiger partial charge in [-0.2, -0.15) is 0 Å². The molecular formula is C12H17Cl2N3O. The van der Waals surface area contributed by atoms with Gasteiger partial charge in [-0.05, 0) is 26.3 Å². The first-order valence-electron chi connectivity index (χ1n) is 5.90. The molecule has 1 fully saturated rings. The summed E-state index contributed by atoms with van der Waals surface area (Å²) in [6, 6.07) is 1.69. The summed E-state index contributed by atoms with van der Waals surface area (Å²) in [7, 11) is 1.77. The molecular weight excluding hydrogens is 273 g/mol. The zero-order chi connectivity index (χ0) is 13.3. The molecule has 6 heteroatoms. The average molecular weight is 290 g/mol. The molecule has 1 aliphatic rings. The zero-order valence-electron chi connectivity index (χ0n) is 10.7. The van der Waals surface area contributed by atoms with Gasteiger partial charge < -0.3 is 15.4 Å². The Hall–Kier alpha value is -0.710. The third kappa shape index (κ3) is 2.51. The first-order valence-corrected chi connectivity index (χ1v) is 6.65. The molecule has 2 rings (SSSR count). The monoisotopic (exact) mass is 289 g/mol. The predicted octanol–water partition coefficient (Wildman–Crippen LogP) is 3.41. The van der Waals surface area contributed by atoms with E-state index in [-0.39, 0.29) is 11.6 Å². The molecule has 0 amide bonds. The normalized spacial score (nSPS) is 27.3. The lowest BCUT2D eigenvalue weighted by atomic mass is 9.95. The SMILES string of the molecule is CNc1nc(NC2(C)CCOC2C)c(Cl)cc1Cl. The maximum Gasteiger partial charge on any atom is 0.147 e. The second kappa shape index (κ2) is 5.11. The van der Waals surface area contributed by atoms with Gasteiger partial charge in [-0.3, -0.25) is 0 Å². The Kier molecular flexibility index (Phi) is 3.90. The Morgan fingerprint density at radius 1 is 1.39 bits per heavy atom. The van der Waals surface area contributed by atoms with Gasteiger partial charge in [0, 0.05) is 13.7 Å². The Morgan fingerprint density at radius 3 is 2.61 bits per heavy atom. The summed E-state index contributed by atoms with van der Waals surface area (Å²) in [5.74, 6) is 1.24. The number of nitrogens with zero attached hydrogens (tertiary/aromatic N) is 1. The number of hydrogen-bond donors (Lipinski definition) is 2. The van der Waals surface area contributed by atoms with Crippen LogP contribution in [0, 0.1) is 0 Å². The van der Waals surface area contributed by atoms with Crippen molar-refractivity contribution in [2.75, 3.05) is 24.3 Å². The number of halogens is 2. The highest BCUT2D eigenvalue weighted by Gasteiger charge is 2.37. The van der Waals surface area contributed by atoms with E-state index in [4.69, 9.17) is 27.9 Å². The first kappa shape index (κ1) is 13.7. The number of ether oxygens (including phenoxy) is 1. The summed E-state index contributed by atoms with van der Waals surface area (Å²) in [4.78, 5) is 4.39. The summed E-state index contributed by atoms with van der Waals surface area (Å²) < 4.78 is 5.59. The van der Waals surface area contributed by atoms with Crippen LogP contribution in [0.4, 0.5) is 11.6 Å². The van der Waals surface area contributed by atoms with Gasteiger partial charge in [0.05, 0.1) is 21.7 Å². The van der Waals surface area contributed by atoms with Crippen molar-refractivity contribution in [3.63, 3.8) is 0 Å². The highest BCUT2D eigenvalue weighted by Crippen LogP contribution is 2.34. The number of nitrogens with one attached hydrogen (secondary N) is 2. The number of hydrogen-bond acceptors (Lipinski definition) is 4. The van der Waals surface area contributed by atoms with E-state index in [9.17, 15) is 0 Å². The van der Waals surface area contributed by atoms with Crippen LogP contribution in [0.15, 0.2) is 6.07 Å². The molecule has 18 heavy (non-hydrogen) atoms. The van der Waals surface area contributed by atoms with E-state index in [1.54, 1.807) is 13.1 Å². The quantitative estimate of drug-likeness (QED) is 0.895. The second-order valence-electron chi connectivity index (χ2n) is 4.70. The highest BCUT2D eigenvalue weighted by atomic mass is 35.5. The topological polar surface area (TPSA) is 46.2 Å². The fraction of sp³-hybridized carbons (Fsp3) is 0.583. The molecule has 1 aromatic rings. The molecule has 0 saturated carbocycles. The molecule has 0 radical (unpaired) electrons. The van der Waals surface area contributed by atoms with Crippen molar-refractivity contribution in [2.24, 2.45) is 0 Å². The van der Waals surface area contributed by atoms with Crippen LogP contribution in [-0.2, 0) is 4.74 Å². The molecule has 0 spiro atoms. The average Bonchev–Trinajstić information content (AvgIpc) is 2.63. The van der Waals surface area contributed by atoms with Crippen LogP contribution in [0.2, 0.25) is 10.0 Å². The van der Waals surface area contributed by atoms with Crippen molar-refractivity contribution in [1.29, 1.82) is 0 Å². The molecule has 0 bridgehead atoms. The minimum atomic E-state index is -0.157. The van der Waals surface area contributed by atoms with Crippen molar-refractivity contribution >= 4 is 34.8 Å². The Labute approximate surface area is 117 Å². The molecule has 1 aliphatic heterocycles. The number of pyridine rings is 1. The Balaban J connectivity index is 2.29. The van der Waals surface area contributed by atoms with Gasteiger partial charge in [0.1, 0.15) is 11.6 Å². The summed E-state index contributed by atoms with van der Waals surface area (Å²) in [6.45, 7) is 4.90. The zero-order valence-corrected chi connectivity index (χ0v) is 12.2. The van der Waals surface area contributed by atoms with Crippen molar-refractivity contribution in [1.82, 2.24) is 4.98 Å². The Bertz CT molecular complexity index is 455. The van der Waals surface area contributed by atoms with Crippen molar-refractivity contribution < 1.29 is 4.74 Å². The summed E-state index contributed by atoms with van der Waals surface area (Å²) in [6.07, 6.45) is 1.04. The molecule has 2 heterocycles. The number of rotatable bonds is 3. The molecule has 100 valence electrons. The van der Waals surface area contributed by atoms with Gasteiger partial charge >= 0.3 is 0 Å². The van der Waals surface area contributed by atoms with Crippen LogP contribution in [0.1, 0.15) is 20.3 Å². The first-order chi connectivity index (χ1) is 8.46. The minimum Gasteiger partial charge on any atom is -0.376 e. The van der Waals surface area contributed by atoms with Crippen LogP contribution < -0.4 is 10.6 Å². The minimum absolute atomic E-state index is 0.115. The third-order valence-corrected chi connectivity index (χ3v) is 4.03. The summed E-state index contributed by atoms with van der Waals surface area (Å²) in [5.41, 5.74) is -0.157. The standard InChI is InChI=1S/C12H17Cl2N3O/c1-7-12(2,4-5-18-7)17-11-9(14)6-8(13)10(15-3)16-11/h6-7H,4-5H2,1-3H3,(H2,15,16,17). The van der Waals surface area contributed by atoms with Gasteiger partial charge in [-0.1, -0.05) is 23.2 Å². The lowest BCUT2D eigenvalue weighted by Crippen LogP contribution is -2.41. The van der Waals surface area contributed by atoms with Gasteiger partial charge in [0.15, 0.2) is 0 Å². The van der Waals surface area contributed by atoms with E-state index in [1.807, 2.05) is 6.92 Å². The molecule has 1 aromatic heterocycles. The van der Waals surface area contributed by atoms with Crippen LogP contribution in [0.3, 0.4) is 0 Å². The van der Waals surface area contributed by atoms with E-state index < -0.39 is 0 Å². The second-order valence-corrected chi connectivity index (χ2v) is 5.52. The maximum atomic E-state index is 6.17. The lowest BCUT2D eigenvalue weighted by molar-refractivity contribution is 0.105. The summed E-state index contributed by atoms with van der Waals surface area (Å²) in [5, 5.41) is 7.33. The smallest absolute Gasteiger partial charge is 0.147 e. The molecule has 0 aromatic carbocycles. The van der Waals surface area contributed by atoms with Gasteiger partial charge in [0.2, 0.25) is 0 Å². The van der Waals surface area contributed by atoms with E-state index in [2.05, 4.69) is 22.5 Å². The van der Waals surface area contributed by atoms with Crippen LogP contribution >= 0.6 is 23.2 Å². The maximum absolute atomic E-state index is 6.17. The van der Waals surface area contributed by atoms with E-state index in [0.29, 0.717) is 21.7 Å². The van der Waals surface area contributed by atoms with E-state index in [1.165, 1.54) is 0 Å². The number of anilines is 2. The lowest BCUT2D eigenvalue weighted by Gasteiger charge is -2.30. The van der Waals surface area contributed by atoms with Gasteiger partial charge in [0.25, 0.3) is 0 Å². The van der Waals surface area contributed by atoms with Crippen LogP contribution in [0.25, 0.3) is 0 Å². The van der Waals surface area contributed by atoms with Crippen molar-refractivity contribution in [3.05, 3.63) is 16.1 Å². The van der Waals surface area contributed by atoms with Crippen LogP contribution in [0.5, 0.6) is 0 Å². The summed E-state index contributed by atoms with van der Waals surface area (Å²) >= 11 is 12.2. The third-order valence-electron chi connectivity index (χ3n) is 3.46. The van der Waals surface area contributed by atoms with Crippen molar-refractivity contribution in [3.8, 4) is 0 Å². The molecule has 0 aliphatic carbocycles. The molecule has 1 saturated heterocycles. The predicted molar refractivity (Wildman–Crippen MR) is 75.9 cm³/mol. The molecule has 4 nitrogen and oxygen atoms in total. The molecule has 2 atom stereocenters. The number of aromatic nitrogens is 1. The van der Waals surface area contributed by atoms with Crippen LogP contribution in [-0.4, -0.2) is 30.3 Å². The van der Waals surface area contributed by atoms with Crippen molar-refractivity contribution in [2.45, 2.75) is 31.9 Å². The fourth-order valence-corrected chi connectivity index (χ4v) is 2.50. The Morgan fingerprint density at radius 2 is 2.06 bits per heavy atom. The van der Waals surface area contributed by atoms with Gasteiger partial charge in [-0.15, -0.1) is 0 Å². The molecule has 2 unspecified atom stereocenters.